The van der Waals surface area contributed by atoms with Crippen molar-refractivity contribution in [2.24, 2.45) is 0 Å². The highest BCUT2D eigenvalue weighted by atomic mass is 16.6. The maximum atomic E-state index is 10.6. The third-order valence-electron chi connectivity index (χ3n) is 2.90. The average molecular weight is 283 g/mol. The van der Waals surface area contributed by atoms with Crippen LogP contribution in [0.25, 0.3) is 22.8 Å². The number of para-hydroxylation sites is 1. The molecule has 0 aliphatic heterocycles. The van der Waals surface area contributed by atoms with Crippen LogP contribution in [0.5, 0.6) is 5.75 Å². The number of rotatable bonds is 3. The number of aromatic hydroxyl groups is 1. The van der Waals surface area contributed by atoms with Crippen LogP contribution in [0.2, 0.25) is 0 Å². The summed E-state index contributed by atoms with van der Waals surface area (Å²) < 4.78 is 5.11. The molecule has 104 valence electrons. The number of hydrogen-bond donors (Lipinski definition) is 1. The van der Waals surface area contributed by atoms with E-state index < -0.39 is 4.92 Å². The molecule has 3 aromatic rings. The van der Waals surface area contributed by atoms with Crippen molar-refractivity contribution >= 4 is 5.69 Å². The van der Waals surface area contributed by atoms with Gasteiger partial charge in [0.25, 0.3) is 11.6 Å². The lowest BCUT2D eigenvalue weighted by Crippen LogP contribution is -1.87. The van der Waals surface area contributed by atoms with Gasteiger partial charge in [-0.2, -0.15) is 4.98 Å². The lowest BCUT2D eigenvalue weighted by Gasteiger charge is -1.96. The summed E-state index contributed by atoms with van der Waals surface area (Å²) in [6.07, 6.45) is 0. The van der Waals surface area contributed by atoms with Crippen LogP contribution in [0.3, 0.4) is 0 Å². The van der Waals surface area contributed by atoms with E-state index >= 15 is 0 Å². The van der Waals surface area contributed by atoms with Crippen molar-refractivity contribution in [3.05, 3.63) is 58.6 Å². The summed E-state index contributed by atoms with van der Waals surface area (Å²) in [5.74, 6) is 0.515. The number of nitrogens with zero attached hydrogens (tertiary/aromatic N) is 3. The molecular formula is C14H9N3O4. The molecule has 0 fully saturated rings. The number of phenols is 1. The molecule has 7 heteroatoms. The first kappa shape index (κ1) is 12.8. The van der Waals surface area contributed by atoms with Crippen LogP contribution in [0.15, 0.2) is 53.1 Å². The van der Waals surface area contributed by atoms with E-state index in [1.54, 1.807) is 18.2 Å². The molecule has 0 unspecified atom stereocenters. The minimum Gasteiger partial charge on any atom is -0.507 e. The predicted molar refractivity (Wildman–Crippen MR) is 73.5 cm³/mol. The molecule has 2 aromatic carbocycles. The monoisotopic (exact) mass is 283 g/mol. The van der Waals surface area contributed by atoms with Gasteiger partial charge < -0.3 is 9.63 Å². The van der Waals surface area contributed by atoms with Crippen molar-refractivity contribution in [3.8, 4) is 28.6 Å². The van der Waals surface area contributed by atoms with Gasteiger partial charge in [0, 0.05) is 17.7 Å². The number of nitro benzene ring substituents is 1. The third-order valence-corrected chi connectivity index (χ3v) is 2.90. The van der Waals surface area contributed by atoms with Crippen LogP contribution >= 0.6 is 0 Å². The second-order valence-corrected chi connectivity index (χ2v) is 4.24. The summed E-state index contributed by atoms with van der Waals surface area (Å²) in [6, 6.07) is 12.4. The van der Waals surface area contributed by atoms with Gasteiger partial charge in [-0.3, -0.25) is 10.1 Å². The van der Waals surface area contributed by atoms with E-state index in [9.17, 15) is 15.2 Å². The molecule has 1 heterocycles. The zero-order valence-corrected chi connectivity index (χ0v) is 10.6. The summed E-state index contributed by atoms with van der Waals surface area (Å²) in [5.41, 5.74) is 1.01. The first-order valence-electron chi connectivity index (χ1n) is 6.02. The van der Waals surface area contributed by atoms with Crippen LogP contribution in [0, 0.1) is 10.1 Å². The van der Waals surface area contributed by atoms with Crippen LogP contribution in [0.4, 0.5) is 5.69 Å². The van der Waals surface area contributed by atoms with Gasteiger partial charge in [0.1, 0.15) is 5.75 Å². The van der Waals surface area contributed by atoms with Gasteiger partial charge in [-0.05, 0) is 24.3 Å². The second kappa shape index (κ2) is 5.04. The van der Waals surface area contributed by atoms with Crippen LogP contribution in [-0.2, 0) is 0 Å². The smallest absolute Gasteiger partial charge is 0.269 e. The van der Waals surface area contributed by atoms with E-state index in [2.05, 4.69) is 10.1 Å². The Hall–Kier alpha value is -3.22. The second-order valence-electron chi connectivity index (χ2n) is 4.24. The normalized spacial score (nSPS) is 10.5. The Morgan fingerprint density at radius 2 is 1.81 bits per heavy atom. The summed E-state index contributed by atoms with van der Waals surface area (Å²) in [6.45, 7) is 0. The molecule has 0 saturated heterocycles. The van der Waals surface area contributed by atoms with E-state index in [1.807, 2.05) is 0 Å². The standard InChI is InChI=1S/C14H9N3O4/c18-12-4-2-1-3-11(12)14-15-13(16-21-14)9-5-7-10(8-6-9)17(19)20/h1-8,18H. The molecule has 0 aliphatic rings. The van der Waals surface area contributed by atoms with Crippen molar-refractivity contribution < 1.29 is 14.6 Å². The first-order valence-corrected chi connectivity index (χ1v) is 6.02. The number of hydrogen-bond acceptors (Lipinski definition) is 6. The highest BCUT2D eigenvalue weighted by Crippen LogP contribution is 2.29. The summed E-state index contributed by atoms with van der Waals surface area (Å²) in [4.78, 5) is 14.3. The van der Waals surface area contributed by atoms with Crippen LogP contribution in [0.1, 0.15) is 0 Å². The van der Waals surface area contributed by atoms with Crippen LogP contribution < -0.4 is 0 Å². The number of aromatic nitrogens is 2. The van der Waals surface area contributed by atoms with Gasteiger partial charge in [-0.15, -0.1) is 0 Å². The van der Waals surface area contributed by atoms with Crippen molar-refractivity contribution in [2.75, 3.05) is 0 Å². The number of phenolic OH excluding ortho intramolecular Hbond substituents is 1. The van der Waals surface area contributed by atoms with E-state index in [1.165, 1.54) is 30.3 Å². The van der Waals surface area contributed by atoms with Gasteiger partial charge in [-0.25, -0.2) is 0 Å². The van der Waals surface area contributed by atoms with Crippen molar-refractivity contribution in [1.82, 2.24) is 10.1 Å². The summed E-state index contributed by atoms with van der Waals surface area (Å²) >= 11 is 0. The van der Waals surface area contributed by atoms with Crippen molar-refractivity contribution in [2.45, 2.75) is 0 Å². The van der Waals surface area contributed by atoms with E-state index in [0.29, 0.717) is 17.0 Å². The van der Waals surface area contributed by atoms with Crippen molar-refractivity contribution in [3.63, 3.8) is 0 Å². The molecular weight excluding hydrogens is 274 g/mol. The SMILES string of the molecule is O=[N+]([O-])c1ccc(-c2noc(-c3ccccc3O)n2)cc1. The molecule has 21 heavy (non-hydrogen) atoms. The fourth-order valence-corrected chi connectivity index (χ4v) is 1.84. The van der Waals surface area contributed by atoms with E-state index in [0.717, 1.165) is 0 Å². The van der Waals surface area contributed by atoms with E-state index in [-0.39, 0.29) is 17.3 Å². The molecule has 0 saturated carbocycles. The Balaban J connectivity index is 1.95. The molecule has 1 aromatic heterocycles. The highest BCUT2D eigenvalue weighted by molar-refractivity contribution is 5.65. The maximum absolute atomic E-state index is 10.6. The number of benzene rings is 2. The molecule has 3 rings (SSSR count). The fourth-order valence-electron chi connectivity index (χ4n) is 1.84. The van der Waals surface area contributed by atoms with Gasteiger partial charge in [0.05, 0.1) is 10.5 Å². The molecule has 0 radical (unpaired) electrons. The molecule has 7 nitrogen and oxygen atoms in total. The Kier molecular flexibility index (Phi) is 3.07. The lowest BCUT2D eigenvalue weighted by molar-refractivity contribution is -0.384. The molecule has 0 spiro atoms. The largest absolute Gasteiger partial charge is 0.507 e. The Morgan fingerprint density at radius 3 is 2.48 bits per heavy atom. The predicted octanol–water partition coefficient (Wildman–Crippen LogP) is 3.02. The first-order chi connectivity index (χ1) is 10.1. The molecule has 0 amide bonds. The molecule has 0 aliphatic carbocycles. The number of non-ortho nitro benzene ring substituents is 1. The van der Waals surface area contributed by atoms with Crippen molar-refractivity contribution in [1.29, 1.82) is 0 Å². The topological polar surface area (TPSA) is 102 Å². The molecule has 1 N–H and O–H groups in total. The summed E-state index contributed by atoms with van der Waals surface area (Å²) in [7, 11) is 0. The maximum Gasteiger partial charge on any atom is 0.269 e. The quantitative estimate of drug-likeness (QED) is 0.585. The fraction of sp³-hybridized carbons (Fsp3) is 0. The van der Waals surface area contributed by atoms with Crippen LogP contribution in [-0.4, -0.2) is 20.2 Å². The number of nitro groups is 1. The zero-order chi connectivity index (χ0) is 14.8. The highest BCUT2D eigenvalue weighted by Gasteiger charge is 2.14. The zero-order valence-electron chi connectivity index (χ0n) is 10.6. The van der Waals surface area contributed by atoms with Gasteiger partial charge in [0.15, 0.2) is 0 Å². The van der Waals surface area contributed by atoms with Gasteiger partial charge >= 0.3 is 0 Å². The molecule has 0 bridgehead atoms. The summed E-state index contributed by atoms with van der Waals surface area (Å²) in [5, 5.41) is 24.2. The Labute approximate surface area is 118 Å². The molecule has 0 atom stereocenters. The van der Waals surface area contributed by atoms with E-state index in [4.69, 9.17) is 4.52 Å². The third kappa shape index (κ3) is 2.44. The lowest BCUT2D eigenvalue weighted by atomic mass is 10.2. The van der Waals surface area contributed by atoms with Gasteiger partial charge in [-0.1, -0.05) is 17.3 Å². The minimum atomic E-state index is -0.479. The van der Waals surface area contributed by atoms with Gasteiger partial charge in [0.2, 0.25) is 5.82 Å². The Morgan fingerprint density at radius 1 is 1.10 bits per heavy atom. The Bertz CT molecular complexity index is 796. The average Bonchev–Trinajstić information content (AvgIpc) is 2.97. The minimum absolute atomic E-state index is 0.0110.